The van der Waals surface area contributed by atoms with Gasteiger partial charge in [-0.2, -0.15) is 5.10 Å². The van der Waals surface area contributed by atoms with E-state index >= 15 is 0 Å². The second-order valence-electron chi connectivity index (χ2n) is 4.94. The normalized spacial score (nSPS) is 15.8. The van der Waals surface area contributed by atoms with Crippen LogP contribution in [0.15, 0.2) is 4.79 Å². The van der Waals surface area contributed by atoms with Crippen molar-refractivity contribution in [3.8, 4) is 0 Å². The number of carbonyl (C=O) groups excluding carboxylic acids is 2. The molecule has 1 aromatic rings. The summed E-state index contributed by atoms with van der Waals surface area (Å²) in [6.45, 7) is 4.45. The van der Waals surface area contributed by atoms with Crippen molar-refractivity contribution in [3.05, 3.63) is 27.2 Å². The van der Waals surface area contributed by atoms with Crippen molar-refractivity contribution in [1.29, 1.82) is 0 Å². The third-order valence-electron chi connectivity index (χ3n) is 3.49. The standard InChI is InChI=1S/C13H18N4O3/c1-8-9(2)15-16(3)12(19)11(8)13(20)17-6-4-5-14-10(18)7-17/h4-7H2,1-3H3,(H,14,18). The second kappa shape index (κ2) is 5.44. The summed E-state index contributed by atoms with van der Waals surface area (Å²) in [5.74, 6) is -0.596. The average Bonchev–Trinajstić information content (AvgIpc) is 2.61. The molecule has 0 radical (unpaired) electrons. The van der Waals surface area contributed by atoms with Crippen molar-refractivity contribution in [2.24, 2.45) is 7.05 Å². The van der Waals surface area contributed by atoms with Gasteiger partial charge in [0.15, 0.2) is 0 Å². The Kier molecular flexibility index (Phi) is 3.87. The van der Waals surface area contributed by atoms with Gasteiger partial charge in [-0.15, -0.1) is 0 Å². The first kappa shape index (κ1) is 14.2. The maximum atomic E-state index is 12.5. The van der Waals surface area contributed by atoms with Crippen LogP contribution in [0.4, 0.5) is 0 Å². The Morgan fingerprint density at radius 2 is 2.00 bits per heavy atom. The number of nitrogens with one attached hydrogen (secondary N) is 1. The van der Waals surface area contributed by atoms with Crippen molar-refractivity contribution in [1.82, 2.24) is 20.0 Å². The number of aryl methyl sites for hydroxylation is 2. The van der Waals surface area contributed by atoms with Crippen LogP contribution in [0.1, 0.15) is 28.0 Å². The Morgan fingerprint density at radius 3 is 2.70 bits per heavy atom. The molecule has 1 aliphatic rings. The SMILES string of the molecule is Cc1nn(C)c(=O)c(C(=O)N2CCCNC(=O)C2)c1C. The summed E-state index contributed by atoms with van der Waals surface area (Å²) in [6, 6.07) is 0. The van der Waals surface area contributed by atoms with Gasteiger partial charge >= 0.3 is 0 Å². The third kappa shape index (κ3) is 2.56. The van der Waals surface area contributed by atoms with E-state index < -0.39 is 11.5 Å². The molecular formula is C13H18N4O3. The Hall–Kier alpha value is -2.18. The van der Waals surface area contributed by atoms with Crippen LogP contribution in [0.3, 0.4) is 0 Å². The molecule has 0 saturated carbocycles. The minimum Gasteiger partial charge on any atom is -0.354 e. The quantitative estimate of drug-likeness (QED) is 0.740. The molecule has 1 saturated heterocycles. The highest BCUT2D eigenvalue weighted by molar-refractivity contribution is 5.97. The maximum Gasteiger partial charge on any atom is 0.279 e. The molecule has 7 heteroatoms. The van der Waals surface area contributed by atoms with Crippen molar-refractivity contribution < 1.29 is 9.59 Å². The summed E-state index contributed by atoms with van der Waals surface area (Å²) in [7, 11) is 1.51. The van der Waals surface area contributed by atoms with Gasteiger partial charge in [-0.1, -0.05) is 0 Å². The molecule has 0 spiro atoms. The lowest BCUT2D eigenvalue weighted by Crippen LogP contribution is -2.41. The zero-order chi connectivity index (χ0) is 14.9. The van der Waals surface area contributed by atoms with Crippen LogP contribution in [-0.2, 0) is 11.8 Å². The molecule has 0 unspecified atom stereocenters. The highest BCUT2D eigenvalue weighted by atomic mass is 16.2. The molecule has 0 aromatic carbocycles. The van der Waals surface area contributed by atoms with Crippen molar-refractivity contribution >= 4 is 11.8 Å². The zero-order valence-corrected chi connectivity index (χ0v) is 11.9. The summed E-state index contributed by atoms with van der Waals surface area (Å²) in [5, 5.41) is 6.75. The summed E-state index contributed by atoms with van der Waals surface area (Å²) in [6.07, 6.45) is 0.681. The lowest BCUT2D eigenvalue weighted by molar-refractivity contribution is -0.121. The molecule has 2 rings (SSSR count). The van der Waals surface area contributed by atoms with E-state index in [0.717, 1.165) is 4.68 Å². The van der Waals surface area contributed by atoms with Gasteiger partial charge in [0, 0.05) is 20.1 Å². The Morgan fingerprint density at radius 1 is 1.30 bits per heavy atom. The van der Waals surface area contributed by atoms with Crippen LogP contribution in [0.5, 0.6) is 0 Å². The van der Waals surface area contributed by atoms with Gasteiger partial charge in [0.2, 0.25) is 5.91 Å². The molecule has 0 aliphatic carbocycles. The summed E-state index contributed by atoms with van der Waals surface area (Å²) >= 11 is 0. The van der Waals surface area contributed by atoms with E-state index in [-0.39, 0.29) is 18.0 Å². The molecule has 108 valence electrons. The fourth-order valence-electron chi connectivity index (χ4n) is 2.24. The van der Waals surface area contributed by atoms with E-state index in [1.807, 2.05) is 0 Å². The lowest BCUT2D eigenvalue weighted by atomic mass is 10.1. The topological polar surface area (TPSA) is 84.3 Å². The van der Waals surface area contributed by atoms with E-state index in [4.69, 9.17) is 0 Å². The van der Waals surface area contributed by atoms with E-state index in [9.17, 15) is 14.4 Å². The Bertz CT molecular complexity index is 621. The largest absolute Gasteiger partial charge is 0.354 e. The number of amides is 2. The van der Waals surface area contributed by atoms with Gasteiger partial charge in [-0.25, -0.2) is 4.68 Å². The number of rotatable bonds is 1. The van der Waals surface area contributed by atoms with Crippen LogP contribution >= 0.6 is 0 Å². The summed E-state index contributed by atoms with van der Waals surface area (Å²) < 4.78 is 1.16. The molecule has 1 aromatic heterocycles. The fraction of sp³-hybridized carbons (Fsp3) is 0.538. The molecule has 1 fully saturated rings. The Labute approximate surface area is 116 Å². The highest BCUT2D eigenvalue weighted by Gasteiger charge is 2.26. The number of nitrogens with zero attached hydrogens (tertiary/aromatic N) is 3. The number of hydrogen-bond acceptors (Lipinski definition) is 4. The minimum atomic E-state index is -0.428. The maximum absolute atomic E-state index is 12.5. The van der Waals surface area contributed by atoms with Crippen LogP contribution in [0, 0.1) is 13.8 Å². The van der Waals surface area contributed by atoms with Gasteiger partial charge in [-0.3, -0.25) is 14.4 Å². The molecule has 2 heterocycles. The van der Waals surface area contributed by atoms with Crippen LogP contribution in [-0.4, -0.2) is 46.1 Å². The number of aromatic nitrogens is 2. The third-order valence-corrected chi connectivity index (χ3v) is 3.49. The second-order valence-corrected chi connectivity index (χ2v) is 4.94. The summed E-state index contributed by atoms with van der Waals surface area (Å²) in [4.78, 5) is 37.6. The van der Waals surface area contributed by atoms with Gasteiger partial charge in [0.25, 0.3) is 11.5 Å². The minimum absolute atomic E-state index is 0.0111. The average molecular weight is 278 g/mol. The number of hydrogen-bond donors (Lipinski definition) is 1. The molecular weight excluding hydrogens is 260 g/mol. The fourth-order valence-corrected chi connectivity index (χ4v) is 2.24. The van der Waals surface area contributed by atoms with E-state index in [1.54, 1.807) is 13.8 Å². The van der Waals surface area contributed by atoms with E-state index in [0.29, 0.717) is 30.8 Å². The van der Waals surface area contributed by atoms with Crippen LogP contribution < -0.4 is 10.9 Å². The molecule has 1 aliphatic heterocycles. The predicted molar refractivity (Wildman–Crippen MR) is 72.5 cm³/mol. The molecule has 7 nitrogen and oxygen atoms in total. The number of carbonyl (C=O) groups is 2. The molecule has 1 N–H and O–H groups in total. The first-order valence-corrected chi connectivity index (χ1v) is 6.52. The molecule has 2 amide bonds. The monoisotopic (exact) mass is 278 g/mol. The van der Waals surface area contributed by atoms with Gasteiger partial charge < -0.3 is 10.2 Å². The zero-order valence-electron chi connectivity index (χ0n) is 11.9. The van der Waals surface area contributed by atoms with Crippen LogP contribution in [0.25, 0.3) is 0 Å². The predicted octanol–water partition coefficient (Wildman–Crippen LogP) is -0.641. The highest BCUT2D eigenvalue weighted by Crippen LogP contribution is 2.10. The van der Waals surface area contributed by atoms with E-state index in [2.05, 4.69) is 10.4 Å². The Balaban J connectivity index is 2.43. The molecule has 0 atom stereocenters. The van der Waals surface area contributed by atoms with Gasteiger partial charge in [-0.05, 0) is 25.8 Å². The van der Waals surface area contributed by atoms with Gasteiger partial charge in [0.1, 0.15) is 5.56 Å². The van der Waals surface area contributed by atoms with Crippen molar-refractivity contribution in [2.75, 3.05) is 19.6 Å². The molecule has 0 bridgehead atoms. The van der Waals surface area contributed by atoms with E-state index in [1.165, 1.54) is 11.9 Å². The smallest absolute Gasteiger partial charge is 0.279 e. The lowest BCUT2D eigenvalue weighted by Gasteiger charge is -2.20. The summed E-state index contributed by atoms with van der Waals surface area (Å²) in [5.41, 5.74) is 0.884. The molecule has 20 heavy (non-hydrogen) atoms. The van der Waals surface area contributed by atoms with Crippen LogP contribution in [0.2, 0.25) is 0 Å². The first-order chi connectivity index (χ1) is 9.41. The van der Waals surface area contributed by atoms with Crippen molar-refractivity contribution in [3.63, 3.8) is 0 Å². The first-order valence-electron chi connectivity index (χ1n) is 6.52. The van der Waals surface area contributed by atoms with Crippen molar-refractivity contribution in [2.45, 2.75) is 20.3 Å². The van der Waals surface area contributed by atoms with Gasteiger partial charge in [0.05, 0.1) is 12.2 Å².